The Hall–Kier alpha value is -2.91. The number of hydrogen-bond acceptors (Lipinski definition) is 4. The van der Waals surface area contributed by atoms with Crippen molar-refractivity contribution in [1.29, 1.82) is 0 Å². The number of nitrogens with zero attached hydrogens (tertiary/aromatic N) is 2. The van der Waals surface area contributed by atoms with Crippen molar-refractivity contribution < 1.29 is 23.4 Å². The molecule has 4 rings (SSSR count). The number of para-hydroxylation sites is 2. The van der Waals surface area contributed by atoms with Gasteiger partial charge in [0.1, 0.15) is 6.54 Å². The Morgan fingerprint density at radius 2 is 1.47 bits per heavy atom. The van der Waals surface area contributed by atoms with Gasteiger partial charge in [0.2, 0.25) is 10.0 Å². The molecular weight excluding hydrogens is 452 g/mol. The lowest BCUT2D eigenvalue weighted by Crippen LogP contribution is -2.42. The van der Waals surface area contributed by atoms with Gasteiger partial charge in [0.25, 0.3) is 0 Å². The van der Waals surface area contributed by atoms with Gasteiger partial charge in [-0.1, -0.05) is 48.0 Å². The second-order valence-corrected chi connectivity index (χ2v) is 9.82. The van der Waals surface area contributed by atoms with Gasteiger partial charge in [-0.25, -0.2) is 8.42 Å². The summed E-state index contributed by atoms with van der Waals surface area (Å²) in [5.74, 6) is -1.31. The molecule has 0 radical (unpaired) electrons. The molecule has 0 aliphatic rings. The number of aromatic nitrogens is 1. The van der Waals surface area contributed by atoms with E-state index in [2.05, 4.69) is 0 Å². The number of rotatable bonds is 8. The molecule has 0 spiro atoms. The molecule has 0 unspecified atom stereocenters. The predicted octanol–water partition coefficient (Wildman–Crippen LogP) is 3.58. The van der Waals surface area contributed by atoms with Gasteiger partial charge in [-0.15, -0.1) is 0 Å². The number of fused-ring (bicyclic) bond motifs is 3. The quantitative estimate of drug-likeness (QED) is 0.408. The first kappa shape index (κ1) is 22.3. The number of halogens is 1. The van der Waals surface area contributed by atoms with Crippen LogP contribution >= 0.6 is 11.6 Å². The molecule has 0 fully saturated rings. The number of carboxylic acid groups (broad SMARTS) is 1. The Morgan fingerprint density at radius 3 is 2.00 bits per heavy atom. The van der Waals surface area contributed by atoms with Gasteiger partial charge in [0.15, 0.2) is 0 Å². The standard InChI is InChI=1S/C23H21ClN2O5S/c24-16-9-11-18(12-10-16)32(30,31)25(15-23(28)29)13-17(27)14-26-21-7-3-1-5-19(21)20-6-2-4-8-22(20)26/h1-12,17,27H,13-15H2,(H,28,29)/t17-/m0/s1. The molecule has 0 aliphatic heterocycles. The average molecular weight is 473 g/mol. The molecule has 0 aliphatic carbocycles. The second-order valence-electron chi connectivity index (χ2n) is 7.44. The van der Waals surface area contributed by atoms with Crippen molar-refractivity contribution in [2.45, 2.75) is 17.5 Å². The smallest absolute Gasteiger partial charge is 0.318 e. The van der Waals surface area contributed by atoms with Crippen molar-refractivity contribution in [3.05, 3.63) is 77.8 Å². The van der Waals surface area contributed by atoms with Crippen molar-refractivity contribution in [2.24, 2.45) is 0 Å². The summed E-state index contributed by atoms with van der Waals surface area (Å²) in [6.45, 7) is -1.05. The third-order valence-electron chi connectivity index (χ3n) is 5.25. The molecule has 166 valence electrons. The van der Waals surface area contributed by atoms with E-state index in [0.29, 0.717) is 5.02 Å². The third-order valence-corrected chi connectivity index (χ3v) is 7.33. The van der Waals surface area contributed by atoms with Crippen LogP contribution < -0.4 is 0 Å². The maximum Gasteiger partial charge on any atom is 0.318 e. The van der Waals surface area contributed by atoms with Crippen LogP contribution in [0.1, 0.15) is 0 Å². The minimum Gasteiger partial charge on any atom is -0.480 e. The lowest BCUT2D eigenvalue weighted by Gasteiger charge is -2.24. The molecule has 9 heteroatoms. The Labute approximate surface area is 190 Å². The number of aliphatic carboxylic acids is 1. The van der Waals surface area contributed by atoms with E-state index < -0.39 is 28.6 Å². The minimum absolute atomic E-state index is 0.0905. The largest absolute Gasteiger partial charge is 0.480 e. The molecule has 0 amide bonds. The Bertz CT molecular complexity index is 1330. The third kappa shape index (κ3) is 4.35. The van der Waals surface area contributed by atoms with Gasteiger partial charge < -0.3 is 14.8 Å². The summed E-state index contributed by atoms with van der Waals surface area (Å²) in [6, 6.07) is 21.0. The summed E-state index contributed by atoms with van der Waals surface area (Å²) in [5.41, 5.74) is 1.80. The monoisotopic (exact) mass is 472 g/mol. The lowest BCUT2D eigenvalue weighted by molar-refractivity contribution is -0.137. The molecule has 7 nitrogen and oxygen atoms in total. The van der Waals surface area contributed by atoms with Crippen molar-refractivity contribution in [2.75, 3.05) is 13.1 Å². The maximum absolute atomic E-state index is 13.0. The summed E-state index contributed by atoms with van der Waals surface area (Å²) < 4.78 is 28.8. The number of benzene rings is 3. The van der Waals surface area contributed by atoms with Gasteiger partial charge in [-0.2, -0.15) is 4.31 Å². The van der Waals surface area contributed by atoms with Crippen LogP contribution in [0.5, 0.6) is 0 Å². The van der Waals surface area contributed by atoms with Crippen LogP contribution in [0.4, 0.5) is 0 Å². The van der Waals surface area contributed by atoms with Crippen LogP contribution in [0.25, 0.3) is 21.8 Å². The second kappa shape index (κ2) is 8.91. The van der Waals surface area contributed by atoms with E-state index in [1.807, 2.05) is 53.1 Å². The van der Waals surface area contributed by atoms with Crippen molar-refractivity contribution in [3.8, 4) is 0 Å². The fourth-order valence-electron chi connectivity index (χ4n) is 3.86. The average Bonchev–Trinajstić information content (AvgIpc) is 3.07. The highest BCUT2D eigenvalue weighted by molar-refractivity contribution is 7.89. The van der Waals surface area contributed by atoms with Crippen LogP contribution in [0.3, 0.4) is 0 Å². The number of hydrogen-bond donors (Lipinski definition) is 2. The summed E-state index contributed by atoms with van der Waals surface area (Å²) >= 11 is 5.84. The Balaban J connectivity index is 1.65. The van der Waals surface area contributed by atoms with Gasteiger partial charge in [-0.3, -0.25) is 4.79 Å². The molecule has 0 saturated carbocycles. The van der Waals surface area contributed by atoms with E-state index in [9.17, 15) is 23.4 Å². The van der Waals surface area contributed by atoms with E-state index >= 15 is 0 Å². The van der Waals surface area contributed by atoms with Crippen molar-refractivity contribution >= 4 is 49.4 Å². The minimum atomic E-state index is -4.15. The van der Waals surface area contributed by atoms with Crippen LogP contribution in [0.15, 0.2) is 77.7 Å². The SMILES string of the molecule is O=C(O)CN(C[C@H](O)Cn1c2ccccc2c2ccccc21)S(=O)(=O)c1ccc(Cl)cc1. The molecule has 32 heavy (non-hydrogen) atoms. The van der Waals surface area contributed by atoms with E-state index in [1.54, 1.807) is 0 Å². The Kier molecular flexibility index (Phi) is 6.21. The fourth-order valence-corrected chi connectivity index (χ4v) is 5.41. The molecule has 0 saturated heterocycles. The highest BCUT2D eigenvalue weighted by Gasteiger charge is 2.29. The normalized spacial score (nSPS) is 13.1. The van der Waals surface area contributed by atoms with Crippen molar-refractivity contribution in [1.82, 2.24) is 8.87 Å². The summed E-state index contributed by atoms with van der Waals surface area (Å²) in [6.07, 6.45) is -1.14. The summed E-state index contributed by atoms with van der Waals surface area (Å²) in [5, 5.41) is 22.5. The number of carboxylic acids is 1. The van der Waals surface area contributed by atoms with Gasteiger partial charge in [-0.05, 0) is 36.4 Å². The number of carbonyl (C=O) groups is 1. The van der Waals surface area contributed by atoms with Gasteiger partial charge in [0, 0.05) is 33.4 Å². The molecule has 0 bridgehead atoms. The number of sulfonamides is 1. The fraction of sp³-hybridized carbons (Fsp3) is 0.174. The molecule has 1 heterocycles. The van der Waals surface area contributed by atoms with E-state index in [0.717, 1.165) is 26.1 Å². The molecule has 3 aromatic carbocycles. The van der Waals surface area contributed by atoms with Crippen LogP contribution in [0.2, 0.25) is 5.02 Å². The Morgan fingerprint density at radius 1 is 0.938 bits per heavy atom. The number of aliphatic hydroxyl groups is 1. The van der Waals surface area contributed by atoms with Crippen LogP contribution in [-0.2, 0) is 21.4 Å². The van der Waals surface area contributed by atoms with Gasteiger partial charge in [0.05, 0.1) is 17.5 Å². The molecule has 1 atom stereocenters. The first-order valence-corrected chi connectivity index (χ1v) is 11.7. The molecule has 1 aromatic heterocycles. The highest BCUT2D eigenvalue weighted by atomic mass is 35.5. The first-order valence-electron chi connectivity index (χ1n) is 9.89. The topological polar surface area (TPSA) is 99.8 Å². The zero-order valence-electron chi connectivity index (χ0n) is 16.9. The van der Waals surface area contributed by atoms with Gasteiger partial charge >= 0.3 is 5.97 Å². The van der Waals surface area contributed by atoms with E-state index in [1.165, 1.54) is 24.3 Å². The highest BCUT2D eigenvalue weighted by Crippen LogP contribution is 2.29. The van der Waals surface area contributed by atoms with E-state index in [4.69, 9.17) is 11.6 Å². The summed E-state index contributed by atoms with van der Waals surface area (Å²) in [7, 11) is -4.15. The van der Waals surface area contributed by atoms with Crippen molar-refractivity contribution in [3.63, 3.8) is 0 Å². The first-order chi connectivity index (χ1) is 15.3. The van der Waals surface area contributed by atoms with E-state index in [-0.39, 0.29) is 18.0 Å². The number of aliphatic hydroxyl groups excluding tert-OH is 1. The molecule has 4 aromatic rings. The molecular formula is C23H21ClN2O5S. The summed E-state index contributed by atoms with van der Waals surface area (Å²) in [4.78, 5) is 11.3. The predicted molar refractivity (Wildman–Crippen MR) is 123 cm³/mol. The molecule has 2 N–H and O–H groups in total. The maximum atomic E-state index is 13.0. The van der Waals surface area contributed by atoms with Crippen LogP contribution in [0, 0.1) is 0 Å². The zero-order valence-corrected chi connectivity index (χ0v) is 18.5. The van der Waals surface area contributed by atoms with Crippen LogP contribution in [-0.4, -0.2) is 52.7 Å². The zero-order chi connectivity index (χ0) is 22.9. The lowest BCUT2D eigenvalue weighted by atomic mass is 10.2.